The fraction of sp³-hybridized carbons (Fsp3) is 0.667. The van der Waals surface area contributed by atoms with Crippen LogP contribution in [-0.4, -0.2) is 25.2 Å². The Hall–Kier alpha value is -1.02. The SMILES string of the molecule is CCCc1ccc(N2C3CCCC2CC(NC)C3)cc1. The number of hydrogen-bond acceptors (Lipinski definition) is 2. The Kier molecular flexibility index (Phi) is 4.30. The monoisotopic (exact) mass is 272 g/mol. The van der Waals surface area contributed by atoms with E-state index in [1.54, 1.807) is 0 Å². The summed E-state index contributed by atoms with van der Waals surface area (Å²) in [6.07, 6.45) is 9.20. The lowest BCUT2D eigenvalue weighted by atomic mass is 9.81. The van der Waals surface area contributed by atoms with E-state index < -0.39 is 0 Å². The maximum absolute atomic E-state index is 3.50. The molecule has 0 spiro atoms. The Bertz CT molecular complexity index is 412. The first-order chi connectivity index (χ1) is 9.81. The lowest BCUT2D eigenvalue weighted by Gasteiger charge is -2.50. The van der Waals surface area contributed by atoms with Crippen LogP contribution in [0.25, 0.3) is 0 Å². The fourth-order valence-electron chi connectivity index (χ4n) is 4.16. The van der Waals surface area contributed by atoms with Crippen LogP contribution in [0.15, 0.2) is 24.3 Å². The van der Waals surface area contributed by atoms with Gasteiger partial charge in [0.2, 0.25) is 0 Å². The van der Waals surface area contributed by atoms with E-state index in [0.717, 1.165) is 18.1 Å². The summed E-state index contributed by atoms with van der Waals surface area (Å²) in [5.41, 5.74) is 2.93. The van der Waals surface area contributed by atoms with Crippen molar-refractivity contribution < 1.29 is 0 Å². The maximum atomic E-state index is 3.50. The van der Waals surface area contributed by atoms with E-state index in [9.17, 15) is 0 Å². The van der Waals surface area contributed by atoms with E-state index in [1.807, 2.05) is 0 Å². The first-order valence-corrected chi connectivity index (χ1v) is 8.36. The summed E-state index contributed by atoms with van der Waals surface area (Å²) < 4.78 is 0. The van der Waals surface area contributed by atoms with E-state index in [4.69, 9.17) is 0 Å². The van der Waals surface area contributed by atoms with Crippen molar-refractivity contribution in [3.8, 4) is 0 Å². The largest absolute Gasteiger partial charge is 0.365 e. The van der Waals surface area contributed by atoms with Crippen LogP contribution in [-0.2, 0) is 6.42 Å². The summed E-state index contributed by atoms with van der Waals surface area (Å²) in [6, 6.07) is 11.6. The smallest absolute Gasteiger partial charge is 0.0371 e. The van der Waals surface area contributed by atoms with Gasteiger partial charge in [0, 0.05) is 23.8 Å². The second-order valence-electron chi connectivity index (χ2n) is 6.52. The standard InChI is InChI=1S/C18H28N2/c1-3-5-14-8-10-16(11-9-14)20-17-6-4-7-18(20)13-15(12-17)19-2/h8-11,15,17-19H,3-7,12-13H2,1-2H3. The summed E-state index contributed by atoms with van der Waals surface area (Å²) >= 11 is 0. The molecule has 110 valence electrons. The van der Waals surface area contributed by atoms with Gasteiger partial charge in [-0.15, -0.1) is 0 Å². The van der Waals surface area contributed by atoms with Gasteiger partial charge in [-0.25, -0.2) is 0 Å². The molecule has 2 heterocycles. The van der Waals surface area contributed by atoms with Crippen LogP contribution in [0.1, 0.15) is 51.0 Å². The first kappa shape index (κ1) is 13.9. The van der Waals surface area contributed by atoms with Crippen molar-refractivity contribution in [1.29, 1.82) is 0 Å². The number of nitrogens with zero attached hydrogens (tertiary/aromatic N) is 1. The third-order valence-corrected chi connectivity index (χ3v) is 5.16. The van der Waals surface area contributed by atoms with Crippen LogP contribution in [0, 0.1) is 0 Å². The molecule has 0 aliphatic carbocycles. The molecule has 2 atom stereocenters. The van der Waals surface area contributed by atoms with Gasteiger partial charge in [-0.05, 0) is 63.3 Å². The predicted octanol–water partition coefficient (Wildman–Crippen LogP) is 3.75. The number of aryl methyl sites for hydroxylation is 1. The molecule has 0 aromatic heterocycles. The van der Waals surface area contributed by atoms with E-state index in [2.05, 4.69) is 48.5 Å². The number of hydrogen-bond donors (Lipinski definition) is 1. The first-order valence-electron chi connectivity index (χ1n) is 8.36. The lowest BCUT2D eigenvalue weighted by Crippen LogP contribution is -2.56. The molecule has 1 N–H and O–H groups in total. The molecule has 2 aliphatic rings. The quantitative estimate of drug-likeness (QED) is 0.898. The van der Waals surface area contributed by atoms with Crippen LogP contribution >= 0.6 is 0 Å². The average molecular weight is 272 g/mol. The Morgan fingerprint density at radius 2 is 1.75 bits per heavy atom. The van der Waals surface area contributed by atoms with Gasteiger partial charge in [0.1, 0.15) is 0 Å². The highest BCUT2D eigenvalue weighted by atomic mass is 15.2. The normalized spacial score (nSPS) is 29.5. The predicted molar refractivity (Wildman–Crippen MR) is 86.4 cm³/mol. The number of benzene rings is 1. The van der Waals surface area contributed by atoms with Crippen molar-refractivity contribution in [3.63, 3.8) is 0 Å². The van der Waals surface area contributed by atoms with Gasteiger partial charge in [0.05, 0.1) is 0 Å². The Morgan fingerprint density at radius 3 is 2.30 bits per heavy atom. The number of rotatable bonds is 4. The molecule has 2 fully saturated rings. The molecule has 2 aliphatic heterocycles. The fourth-order valence-corrected chi connectivity index (χ4v) is 4.16. The zero-order valence-electron chi connectivity index (χ0n) is 12.9. The highest BCUT2D eigenvalue weighted by molar-refractivity contribution is 5.51. The van der Waals surface area contributed by atoms with E-state index in [-0.39, 0.29) is 0 Å². The second-order valence-corrected chi connectivity index (χ2v) is 6.52. The lowest BCUT2D eigenvalue weighted by molar-refractivity contribution is 0.252. The molecule has 3 rings (SSSR count). The third-order valence-electron chi connectivity index (χ3n) is 5.16. The van der Waals surface area contributed by atoms with Gasteiger partial charge in [0.25, 0.3) is 0 Å². The number of nitrogens with one attached hydrogen (secondary N) is 1. The minimum absolute atomic E-state index is 0.723. The summed E-state index contributed by atoms with van der Waals surface area (Å²) in [5, 5.41) is 3.50. The molecule has 2 heteroatoms. The maximum Gasteiger partial charge on any atom is 0.0371 e. The minimum Gasteiger partial charge on any atom is -0.365 e. The van der Waals surface area contributed by atoms with Crippen LogP contribution in [0.2, 0.25) is 0 Å². The van der Waals surface area contributed by atoms with Gasteiger partial charge in [-0.3, -0.25) is 0 Å². The molecular weight excluding hydrogens is 244 g/mol. The van der Waals surface area contributed by atoms with E-state index >= 15 is 0 Å². The third kappa shape index (κ3) is 2.71. The van der Waals surface area contributed by atoms with Crippen LogP contribution < -0.4 is 10.2 Å². The molecule has 2 saturated heterocycles. The van der Waals surface area contributed by atoms with Crippen LogP contribution in [0.5, 0.6) is 0 Å². The van der Waals surface area contributed by atoms with Crippen LogP contribution in [0.4, 0.5) is 5.69 Å². The van der Waals surface area contributed by atoms with E-state index in [0.29, 0.717) is 0 Å². The average Bonchev–Trinajstić information content (AvgIpc) is 2.47. The molecule has 2 bridgehead atoms. The molecule has 1 aromatic rings. The van der Waals surface area contributed by atoms with Gasteiger partial charge in [-0.1, -0.05) is 25.5 Å². The highest BCUT2D eigenvalue weighted by Gasteiger charge is 2.37. The van der Waals surface area contributed by atoms with Gasteiger partial charge in [0.15, 0.2) is 0 Å². The Labute approximate surface area is 123 Å². The molecule has 2 nitrogen and oxygen atoms in total. The van der Waals surface area contributed by atoms with E-state index in [1.165, 1.54) is 56.2 Å². The number of piperidine rings is 2. The van der Waals surface area contributed by atoms with Gasteiger partial charge in [-0.2, -0.15) is 0 Å². The van der Waals surface area contributed by atoms with Crippen molar-refractivity contribution in [3.05, 3.63) is 29.8 Å². The molecule has 2 unspecified atom stereocenters. The molecule has 0 saturated carbocycles. The van der Waals surface area contributed by atoms with Crippen molar-refractivity contribution in [2.45, 2.75) is 70.0 Å². The van der Waals surface area contributed by atoms with Crippen LogP contribution in [0.3, 0.4) is 0 Å². The molecule has 1 aromatic carbocycles. The van der Waals surface area contributed by atoms with Crippen molar-refractivity contribution in [2.24, 2.45) is 0 Å². The summed E-state index contributed by atoms with van der Waals surface area (Å²) in [6.45, 7) is 2.25. The van der Waals surface area contributed by atoms with Crippen molar-refractivity contribution in [1.82, 2.24) is 5.32 Å². The minimum atomic E-state index is 0.723. The van der Waals surface area contributed by atoms with Crippen molar-refractivity contribution in [2.75, 3.05) is 11.9 Å². The Morgan fingerprint density at radius 1 is 1.10 bits per heavy atom. The van der Waals surface area contributed by atoms with Crippen molar-refractivity contribution >= 4 is 5.69 Å². The second kappa shape index (κ2) is 6.17. The zero-order valence-corrected chi connectivity index (χ0v) is 12.9. The number of fused-ring (bicyclic) bond motifs is 2. The zero-order chi connectivity index (χ0) is 13.9. The Balaban J connectivity index is 1.78. The molecule has 0 radical (unpaired) electrons. The van der Waals surface area contributed by atoms with Gasteiger partial charge >= 0.3 is 0 Å². The summed E-state index contributed by atoms with van der Waals surface area (Å²) in [5.74, 6) is 0. The molecular formula is C18H28N2. The molecule has 20 heavy (non-hydrogen) atoms. The highest BCUT2D eigenvalue weighted by Crippen LogP contribution is 2.37. The number of anilines is 1. The molecule has 0 amide bonds. The summed E-state index contributed by atoms with van der Waals surface area (Å²) in [4.78, 5) is 2.73. The summed E-state index contributed by atoms with van der Waals surface area (Å²) in [7, 11) is 2.12. The van der Waals surface area contributed by atoms with Gasteiger partial charge < -0.3 is 10.2 Å². The topological polar surface area (TPSA) is 15.3 Å².